The summed E-state index contributed by atoms with van der Waals surface area (Å²) in [7, 11) is 0. The molecule has 3 rings (SSSR count). The molecule has 2 heterocycles. The van der Waals surface area contributed by atoms with Gasteiger partial charge in [0.1, 0.15) is 5.69 Å². The van der Waals surface area contributed by atoms with E-state index in [-0.39, 0.29) is 6.04 Å². The third kappa shape index (κ3) is 1.74. The van der Waals surface area contributed by atoms with Gasteiger partial charge in [0.05, 0.1) is 11.0 Å². The molecule has 0 saturated heterocycles. The molecule has 2 aromatic rings. The molecule has 1 saturated carbocycles. The van der Waals surface area contributed by atoms with Crippen LogP contribution >= 0.6 is 11.3 Å². The third-order valence-electron chi connectivity index (χ3n) is 2.71. The molecule has 0 spiro atoms. The van der Waals surface area contributed by atoms with Crippen LogP contribution in [0.25, 0.3) is 11.6 Å². The summed E-state index contributed by atoms with van der Waals surface area (Å²) in [6.45, 7) is 1.95. The summed E-state index contributed by atoms with van der Waals surface area (Å²) in [5.41, 5.74) is 6.73. The summed E-state index contributed by atoms with van der Waals surface area (Å²) in [6.07, 6.45) is 2.34. The van der Waals surface area contributed by atoms with Crippen LogP contribution in [0.4, 0.5) is 0 Å². The van der Waals surface area contributed by atoms with Crippen molar-refractivity contribution >= 4 is 11.3 Å². The quantitative estimate of drug-likeness (QED) is 0.880. The highest BCUT2D eigenvalue weighted by atomic mass is 32.1. The molecule has 0 amide bonds. The maximum Gasteiger partial charge on any atom is 0.277 e. The minimum atomic E-state index is -0.0859. The van der Waals surface area contributed by atoms with Crippen molar-refractivity contribution in [3.8, 4) is 11.6 Å². The second-order valence-corrected chi connectivity index (χ2v) is 5.13. The average molecular weight is 236 g/mol. The molecule has 0 aromatic carbocycles. The normalized spacial score (nSPS) is 17.6. The lowest BCUT2D eigenvalue weighted by Gasteiger charge is -2.01. The Morgan fingerprint density at radius 2 is 2.31 bits per heavy atom. The highest BCUT2D eigenvalue weighted by Crippen LogP contribution is 2.38. The molecule has 5 nitrogen and oxygen atoms in total. The number of hydrogen-bond donors (Lipinski definition) is 1. The fourth-order valence-corrected chi connectivity index (χ4v) is 2.19. The van der Waals surface area contributed by atoms with Gasteiger partial charge in [-0.15, -0.1) is 11.3 Å². The van der Waals surface area contributed by atoms with E-state index in [0.29, 0.717) is 17.6 Å². The molecule has 1 fully saturated rings. The van der Waals surface area contributed by atoms with Crippen LogP contribution in [0.1, 0.15) is 29.7 Å². The minimum Gasteiger partial charge on any atom is -0.332 e. The minimum absolute atomic E-state index is 0.0859. The first kappa shape index (κ1) is 9.92. The predicted octanol–water partition coefficient (Wildman–Crippen LogP) is 1.91. The predicted molar refractivity (Wildman–Crippen MR) is 59.8 cm³/mol. The van der Waals surface area contributed by atoms with E-state index >= 15 is 0 Å². The number of nitrogens with zero attached hydrogens (tertiary/aromatic N) is 3. The van der Waals surface area contributed by atoms with Gasteiger partial charge >= 0.3 is 0 Å². The summed E-state index contributed by atoms with van der Waals surface area (Å²) in [5, 5.41) is 6.82. The first-order valence-corrected chi connectivity index (χ1v) is 6.13. The molecule has 1 aliphatic rings. The van der Waals surface area contributed by atoms with Crippen LogP contribution < -0.4 is 5.73 Å². The van der Waals surface area contributed by atoms with Crippen molar-refractivity contribution in [3.05, 3.63) is 16.2 Å². The van der Waals surface area contributed by atoms with Crippen molar-refractivity contribution in [1.29, 1.82) is 0 Å². The summed E-state index contributed by atoms with van der Waals surface area (Å²) in [5.74, 6) is 1.60. The van der Waals surface area contributed by atoms with Crippen LogP contribution in [0.5, 0.6) is 0 Å². The smallest absolute Gasteiger partial charge is 0.277 e. The van der Waals surface area contributed by atoms with Crippen molar-refractivity contribution in [2.24, 2.45) is 11.7 Å². The Bertz CT molecular complexity index is 502. The van der Waals surface area contributed by atoms with Gasteiger partial charge in [-0.2, -0.15) is 4.98 Å². The van der Waals surface area contributed by atoms with Gasteiger partial charge in [0.2, 0.25) is 0 Å². The molecule has 1 aliphatic carbocycles. The molecule has 0 aliphatic heterocycles. The number of hydrogen-bond acceptors (Lipinski definition) is 6. The van der Waals surface area contributed by atoms with Gasteiger partial charge in [-0.3, -0.25) is 0 Å². The number of aryl methyl sites for hydroxylation is 1. The zero-order valence-corrected chi connectivity index (χ0v) is 9.70. The lowest BCUT2D eigenvalue weighted by Crippen LogP contribution is -2.13. The van der Waals surface area contributed by atoms with E-state index in [1.807, 2.05) is 12.3 Å². The maximum absolute atomic E-state index is 5.99. The molecule has 0 radical (unpaired) electrons. The monoisotopic (exact) mass is 236 g/mol. The highest BCUT2D eigenvalue weighted by molar-refractivity contribution is 7.09. The highest BCUT2D eigenvalue weighted by Gasteiger charge is 2.32. The van der Waals surface area contributed by atoms with Crippen LogP contribution in [0.15, 0.2) is 9.90 Å². The number of nitrogens with two attached hydrogens (primary N) is 1. The number of thiazole rings is 1. The molecule has 1 unspecified atom stereocenters. The Morgan fingerprint density at radius 3 is 2.94 bits per heavy atom. The molecule has 84 valence electrons. The van der Waals surface area contributed by atoms with E-state index in [0.717, 1.165) is 10.7 Å². The summed E-state index contributed by atoms with van der Waals surface area (Å²) in [4.78, 5) is 8.59. The van der Waals surface area contributed by atoms with Crippen LogP contribution in [0.2, 0.25) is 0 Å². The second-order valence-electron chi connectivity index (χ2n) is 4.07. The first-order chi connectivity index (χ1) is 7.74. The molecule has 2 N–H and O–H groups in total. The van der Waals surface area contributed by atoms with Gasteiger partial charge in [-0.25, -0.2) is 4.98 Å². The average Bonchev–Trinajstić information content (AvgIpc) is 2.84. The lowest BCUT2D eigenvalue weighted by atomic mass is 10.2. The van der Waals surface area contributed by atoms with E-state index < -0.39 is 0 Å². The van der Waals surface area contributed by atoms with Gasteiger partial charge in [0.25, 0.3) is 5.89 Å². The first-order valence-electron chi connectivity index (χ1n) is 5.26. The van der Waals surface area contributed by atoms with Crippen LogP contribution in [0, 0.1) is 12.8 Å². The van der Waals surface area contributed by atoms with Gasteiger partial charge < -0.3 is 10.3 Å². The topological polar surface area (TPSA) is 77.8 Å². The van der Waals surface area contributed by atoms with Gasteiger partial charge in [0, 0.05) is 5.38 Å². The fraction of sp³-hybridized carbons (Fsp3) is 0.500. The SMILES string of the molecule is Cc1nc(-c2nc(C(N)C3CC3)no2)cs1. The van der Waals surface area contributed by atoms with Crippen LogP contribution in [-0.4, -0.2) is 15.1 Å². The van der Waals surface area contributed by atoms with Gasteiger partial charge in [-0.1, -0.05) is 5.16 Å². The summed E-state index contributed by atoms with van der Waals surface area (Å²) in [6, 6.07) is -0.0859. The van der Waals surface area contributed by atoms with E-state index in [4.69, 9.17) is 10.3 Å². The van der Waals surface area contributed by atoms with E-state index in [1.165, 1.54) is 12.8 Å². The molecular formula is C10H12N4OS. The van der Waals surface area contributed by atoms with Crippen molar-refractivity contribution in [3.63, 3.8) is 0 Å². The van der Waals surface area contributed by atoms with Crippen molar-refractivity contribution in [1.82, 2.24) is 15.1 Å². The molecule has 2 aromatic heterocycles. The zero-order chi connectivity index (χ0) is 11.1. The Balaban J connectivity index is 1.86. The Labute approximate surface area is 96.7 Å². The fourth-order valence-electron chi connectivity index (χ4n) is 1.60. The van der Waals surface area contributed by atoms with Gasteiger partial charge in [-0.05, 0) is 25.7 Å². The van der Waals surface area contributed by atoms with Crippen molar-refractivity contribution in [2.45, 2.75) is 25.8 Å². The van der Waals surface area contributed by atoms with E-state index in [2.05, 4.69) is 15.1 Å². The lowest BCUT2D eigenvalue weighted by molar-refractivity contribution is 0.410. The van der Waals surface area contributed by atoms with Crippen molar-refractivity contribution < 1.29 is 4.52 Å². The van der Waals surface area contributed by atoms with E-state index in [1.54, 1.807) is 11.3 Å². The molecule has 0 bridgehead atoms. The molecule has 16 heavy (non-hydrogen) atoms. The zero-order valence-electron chi connectivity index (χ0n) is 8.88. The molecule has 6 heteroatoms. The number of aromatic nitrogens is 3. The molecular weight excluding hydrogens is 224 g/mol. The van der Waals surface area contributed by atoms with Crippen LogP contribution in [0.3, 0.4) is 0 Å². The van der Waals surface area contributed by atoms with Crippen LogP contribution in [-0.2, 0) is 0 Å². The summed E-state index contributed by atoms with van der Waals surface area (Å²) >= 11 is 1.57. The third-order valence-corrected chi connectivity index (χ3v) is 3.48. The van der Waals surface area contributed by atoms with Gasteiger partial charge in [0.15, 0.2) is 5.82 Å². The number of rotatable bonds is 3. The maximum atomic E-state index is 5.99. The Kier molecular flexibility index (Phi) is 2.26. The summed E-state index contributed by atoms with van der Waals surface area (Å²) < 4.78 is 5.17. The van der Waals surface area contributed by atoms with Crippen molar-refractivity contribution in [2.75, 3.05) is 0 Å². The Morgan fingerprint density at radius 1 is 1.50 bits per heavy atom. The Hall–Kier alpha value is -1.27. The molecule has 1 atom stereocenters. The largest absolute Gasteiger partial charge is 0.332 e. The second kappa shape index (κ2) is 3.64. The van der Waals surface area contributed by atoms with E-state index in [9.17, 15) is 0 Å². The standard InChI is InChI=1S/C10H12N4OS/c1-5-12-7(4-16-5)10-13-9(14-15-10)8(11)6-2-3-6/h4,6,8H,2-3,11H2,1H3.